The number of benzene rings is 2. The molecule has 0 heterocycles. The quantitative estimate of drug-likeness (QED) is 0.449. The molecule has 6 heteroatoms. The molecule has 0 radical (unpaired) electrons. The average molecular weight is 391 g/mol. The Hall–Kier alpha value is -3.59. The first-order valence-electron chi connectivity index (χ1n) is 9.42. The van der Waals surface area contributed by atoms with Crippen molar-refractivity contribution in [2.45, 2.75) is 32.4 Å². The lowest BCUT2D eigenvalue weighted by Gasteiger charge is -2.19. The SMILES string of the molecule is CC(C)CC(NC(=O)/C(C#N)=C\NC(c1ccccc1)c1ccccc1)C(=O)O. The van der Waals surface area contributed by atoms with E-state index >= 15 is 0 Å². The molecule has 0 aliphatic rings. The molecule has 1 atom stereocenters. The summed E-state index contributed by atoms with van der Waals surface area (Å²) in [6, 6.07) is 19.8. The van der Waals surface area contributed by atoms with E-state index in [-0.39, 0.29) is 24.0 Å². The molecule has 2 rings (SSSR count). The number of amides is 1. The summed E-state index contributed by atoms with van der Waals surface area (Å²) in [7, 11) is 0. The van der Waals surface area contributed by atoms with Gasteiger partial charge in [-0.2, -0.15) is 5.26 Å². The largest absolute Gasteiger partial charge is 0.480 e. The molecule has 6 nitrogen and oxygen atoms in total. The number of nitriles is 1. The summed E-state index contributed by atoms with van der Waals surface area (Å²) in [6.07, 6.45) is 1.62. The molecule has 150 valence electrons. The van der Waals surface area contributed by atoms with E-state index in [1.54, 1.807) is 0 Å². The van der Waals surface area contributed by atoms with E-state index in [4.69, 9.17) is 0 Å². The monoisotopic (exact) mass is 391 g/mol. The van der Waals surface area contributed by atoms with Crippen LogP contribution in [-0.4, -0.2) is 23.0 Å². The predicted molar refractivity (Wildman–Crippen MR) is 111 cm³/mol. The first-order valence-corrected chi connectivity index (χ1v) is 9.42. The Morgan fingerprint density at radius 1 is 1.03 bits per heavy atom. The van der Waals surface area contributed by atoms with Crippen LogP contribution in [0.2, 0.25) is 0 Å². The van der Waals surface area contributed by atoms with Crippen LogP contribution in [0.1, 0.15) is 37.4 Å². The highest BCUT2D eigenvalue weighted by atomic mass is 16.4. The highest BCUT2D eigenvalue weighted by molar-refractivity contribution is 5.99. The van der Waals surface area contributed by atoms with Gasteiger partial charge in [0, 0.05) is 6.20 Å². The van der Waals surface area contributed by atoms with Crippen LogP contribution in [0.15, 0.2) is 72.4 Å². The zero-order chi connectivity index (χ0) is 21.2. The Bertz CT molecular complexity index is 847. The van der Waals surface area contributed by atoms with Crippen LogP contribution in [0.5, 0.6) is 0 Å². The van der Waals surface area contributed by atoms with Gasteiger partial charge in [-0.1, -0.05) is 74.5 Å². The van der Waals surface area contributed by atoms with Crippen molar-refractivity contribution in [3.05, 3.63) is 83.6 Å². The minimum Gasteiger partial charge on any atom is -0.480 e. The maximum atomic E-state index is 12.5. The van der Waals surface area contributed by atoms with Gasteiger partial charge in [0.15, 0.2) is 0 Å². The number of aliphatic carboxylic acids is 1. The number of carboxylic acid groups (broad SMARTS) is 1. The first kappa shape index (κ1) is 21.7. The van der Waals surface area contributed by atoms with Crippen LogP contribution in [0.3, 0.4) is 0 Å². The molecule has 3 N–H and O–H groups in total. The number of carbonyl (C=O) groups excluding carboxylic acids is 1. The molecule has 2 aromatic rings. The van der Waals surface area contributed by atoms with Crippen LogP contribution >= 0.6 is 0 Å². The maximum Gasteiger partial charge on any atom is 0.326 e. The highest BCUT2D eigenvalue weighted by Gasteiger charge is 2.23. The van der Waals surface area contributed by atoms with Crippen LogP contribution in [0.25, 0.3) is 0 Å². The second-order valence-corrected chi connectivity index (χ2v) is 7.08. The van der Waals surface area contributed by atoms with E-state index in [9.17, 15) is 20.0 Å². The lowest BCUT2D eigenvalue weighted by molar-refractivity contribution is -0.141. The third-order valence-electron chi connectivity index (χ3n) is 4.34. The molecular weight excluding hydrogens is 366 g/mol. The zero-order valence-electron chi connectivity index (χ0n) is 16.5. The molecule has 0 saturated heterocycles. The van der Waals surface area contributed by atoms with Gasteiger partial charge in [0.2, 0.25) is 0 Å². The van der Waals surface area contributed by atoms with Crippen LogP contribution in [0, 0.1) is 17.2 Å². The number of rotatable bonds is 9. The number of carboxylic acids is 1. The van der Waals surface area contributed by atoms with Crippen LogP contribution in [0.4, 0.5) is 0 Å². The van der Waals surface area contributed by atoms with Crippen molar-refractivity contribution in [2.24, 2.45) is 5.92 Å². The highest BCUT2D eigenvalue weighted by Crippen LogP contribution is 2.22. The molecule has 1 amide bonds. The molecule has 0 aliphatic carbocycles. The van der Waals surface area contributed by atoms with Gasteiger partial charge in [0.1, 0.15) is 17.7 Å². The maximum absolute atomic E-state index is 12.5. The van der Waals surface area contributed by atoms with E-state index in [1.165, 1.54) is 6.20 Å². The Labute approximate surface area is 170 Å². The summed E-state index contributed by atoms with van der Waals surface area (Å²) < 4.78 is 0. The van der Waals surface area contributed by atoms with Crippen molar-refractivity contribution in [2.75, 3.05) is 0 Å². The normalized spacial score (nSPS) is 12.3. The van der Waals surface area contributed by atoms with E-state index in [0.29, 0.717) is 0 Å². The van der Waals surface area contributed by atoms with Crippen molar-refractivity contribution >= 4 is 11.9 Å². The summed E-state index contributed by atoms with van der Waals surface area (Å²) in [5.41, 5.74) is 1.75. The summed E-state index contributed by atoms with van der Waals surface area (Å²) in [5, 5.41) is 24.3. The van der Waals surface area contributed by atoms with Crippen molar-refractivity contribution in [1.82, 2.24) is 10.6 Å². The number of nitrogens with zero attached hydrogens (tertiary/aromatic N) is 1. The Balaban J connectivity index is 2.22. The second kappa shape index (κ2) is 10.7. The summed E-state index contributed by atoms with van der Waals surface area (Å²) in [6.45, 7) is 3.74. The molecule has 0 fully saturated rings. The molecule has 2 aromatic carbocycles. The van der Waals surface area contributed by atoms with Crippen molar-refractivity contribution in [3.63, 3.8) is 0 Å². The van der Waals surface area contributed by atoms with Gasteiger partial charge in [-0.25, -0.2) is 4.79 Å². The van der Waals surface area contributed by atoms with E-state index in [1.807, 2.05) is 80.6 Å². The molecule has 0 bridgehead atoms. The minimum absolute atomic E-state index is 0.0876. The summed E-state index contributed by atoms with van der Waals surface area (Å²) in [4.78, 5) is 23.8. The molecule has 0 aromatic heterocycles. The Morgan fingerprint density at radius 2 is 1.55 bits per heavy atom. The molecular formula is C23H25N3O3. The average Bonchev–Trinajstić information content (AvgIpc) is 2.71. The van der Waals surface area contributed by atoms with Gasteiger partial charge < -0.3 is 15.7 Å². The Morgan fingerprint density at radius 3 is 1.97 bits per heavy atom. The number of nitrogens with one attached hydrogen (secondary N) is 2. The van der Waals surface area contributed by atoms with Gasteiger partial charge in [0.05, 0.1) is 6.04 Å². The second-order valence-electron chi connectivity index (χ2n) is 7.08. The Kier molecular flexibility index (Phi) is 7.99. The fourth-order valence-electron chi connectivity index (χ4n) is 2.92. The van der Waals surface area contributed by atoms with Gasteiger partial charge in [-0.15, -0.1) is 0 Å². The molecule has 0 spiro atoms. The fraction of sp³-hybridized carbons (Fsp3) is 0.261. The van der Waals surface area contributed by atoms with Crippen LogP contribution < -0.4 is 10.6 Å². The standard InChI is InChI=1S/C23H25N3O3/c1-16(2)13-20(23(28)29)26-22(27)19(14-24)15-25-21(17-9-5-3-6-10-17)18-11-7-4-8-12-18/h3-12,15-16,20-21,25H,13H2,1-2H3,(H,26,27)(H,28,29)/b19-15-. The molecule has 29 heavy (non-hydrogen) atoms. The summed E-state index contributed by atoms with van der Waals surface area (Å²) in [5.74, 6) is -1.75. The molecule has 1 unspecified atom stereocenters. The van der Waals surface area contributed by atoms with Crippen LogP contribution in [-0.2, 0) is 9.59 Å². The van der Waals surface area contributed by atoms with Gasteiger partial charge in [-0.3, -0.25) is 4.79 Å². The third-order valence-corrected chi connectivity index (χ3v) is 4.34. The topological polar surface area (TPSA) is 102 Å². The van der Waals surface area contributed by atoms with E-state index < -0.39 is 17.9 Å². The van der Waals surface area contributed by atoms with E-state index in [0.717, 1.165) is 11.1 Å². The smallest absolute Gasteiger partial charge is 0.326 e. The van der Waals surface area contributed by atoms with Crippen molar-refractivity contribution < 1.29 is 14.7 Å². The predicted octanol–water partition coefficient (Wildman–Crippen LogP) is 3.39. The zero-order valence-corrected chi connectivity index (χ0v) is 16.5. The van der Waals surface area contributed by atoms with Crippen molar-refractivity contribution in [1.29, 1.82) is 5.26 Å². The fourth-order valence-corrected chi connectivity index (χ4v) is 2.92. The molecule has 0 saturated carbocycles. The lowest BCUT2D eigenvalue weighted by atomic mass is 9.99. The number of hydrogen-bond donors (Lipinski definition) is 3. The van der Waals surface area contributed by atoms with E-state index in [2.05, 4.69) is 10.6 Å². The van der Waals surface area contributed by atoms with Gasteiger partial charge >= 0.3 is 5.97 Å². The minimum atomic E-state index is -1.12. The number of hydrogen-bond acceptors (Lipinski definition) is 4. The van der Waals surface area contributed by atoms with Gasteiger partial charge in [-0.05, 0) is 23.5 Å². The number of carbonyl (C=O) groups is 2. The third kappa shape index (κ3) is 6.51. The lowest BCUT2D eigenvalue weighted by Crippen LogP contribution is -2.42. The first-order chi connectivity index (χ1) is 13.9. The van der Waals surface area contributed by atoms with Gasteiger partial charge in [0.25, 0.3) is 5.91 Å². The summed E-state index contributed by atoms with van der Waals surface area (Å²) >= 11 is 0. The molecule has 0 aliphatic heterocycles. The van der Waals surface area contributed by atoms with Crippen molar-refractivity contribution in [3.8, 4) is 6.07 Å².